The molecule has 188 valence electrons. The molecule has 0 radical (unpaired) electrons. The first-order valence-corrected chi connectivity index (χ1v) is 12.9. The van der Waals surface area contributed by atoms with Crippen LogP contribution in [0.3, 0.4) is 0 Å². The van der Waals surface area contributed by atoms with Crippen LogP contribution in [0.5, 0.6) is 0 Å². The third-order valence-corrected chi connectivity index (χ3v) is 7.93. The van der Waals surface area contributed by atoms with Crippen molar-refractivity contribution in [2.45, 2.75) is 31.3 Å². The van der Waals surface area contributed by atoms with E-state index in [1.807, 2.05) is 48.5 Å². The highest BCUT2D eigenvalue weighted by atomic mass is 35.5. The monoisotopic (exact) mass is 535 g/mol. The molecule has 5 rings (SSSR count). The van der Waals surface area contributed by atoms with E-state index in [2.05, 4.69) is 5.32 Å². The Labute approximate surface area is 222 Å². The van der Waals surface area contributed by atoms with Crippen LogP contribution in [-0.4, -0.2) is 17.2 Å². The third-order valence-electron chi connectivity index (χ3n) is 6.62. The van der Waals surface area contributed by atoms with E-state index >= 15 is 0 Å². The number of ether oxygens (including phenoxy) is 1. The van der Waals surface area contributed by atoms with Crippen LogP contribution in [0, 0.1) is 5.82 Å². The van der Waals surface area contributed by atoms with Gasteiger partial charge in [-0.05, 0) is 65.8 Å². The number of anilines is 1. The smallest absolute Gasteiger partial charge is 0.412 e. The lowest BCUT2D eigenvalue weighted by Gasteiger charge is -2.14. The van der Waals surface area contributed by atoms with Gasteiger partial charge in [-0.2, -0.15) is 0 Å². The minimum atomic E-state index is -0.768. The van der Waals surface area contributed by atoms with Crippen molar-refractivity contribution < 1.29 is 23.8 Å². The predicted molar refractivity (Wildman–Crippen MR) is 144 cm³/mol. The number of carboxylic acids is 1. The summed E-state index contributed by atoms with van der Waals surface area (Å²) < 4.78 is 19.4. The molecule has 2 N–H and O–H groups in total. The molecule has 8 heteroatoms. The number of carbonyl (C=O) groups is 2. The Kier molecular flexibility index (Phi) is 6.75. The number of hydrogen-bond donors (Lipinski definition) is 2. The molecule has 1 aromatic heterocycles. The van der Waals surface area contributed by atoms with Crippen molar-refractivity contribution in [2.24, 2.45) is 0 Å². The summed E-state index contributed by atoms with van der Waals surface area (Å²) in [6, 6.07) is 23.1. The van der Waals surface area contributed by atoms with E-state index in [-0.39, 0.29) is 0 Å². The van der Waals surface area contributed by atoms with E-state index in [1.54, 1.807) is 25.1 Å². The van der Waals surface area contributed by atoms with Crippen LogP contribution in [0.2, 0.25) is 4.34 Å². The second kappa shape index (κ2) is 10.00. The Bertz CT molecular complexity index is 1460. The zero-order chi connectivity index (χ0) is 26.2. The van der Waals surface area contributed by atoms with Gasteiger partial charge in [-0.25, -0.2) is 9.18 Å². The molecular formula is C29H23ClFNO4S. The van der Waals surface area contributed by atoms with Gasteiger partial charge in [-0.1, -0.05) is 72.3 Å². The van der Waals surface area contributed by atoms with Crippen molar-refractivity contribution in [3.63, 3.8) is 0 Å². The van der Waals surface area contributed by atoms with Gasteiger partial charge >= 0.3 is 12.1 Å². The second-order valence-electron chi connectivity index (χ2n) is 9.06. The lowest BCUT2D eigenvalue weighted by Crippen LogP contribution is -2.19. The molecule has 1 heterocycles. The van der Waals surface area contributed by atoms with Gasteiger partial charge < -0.3 is 9.84 Å². The summed E-state index contributed by atoms with van der Waals surface area (Å²) in [7, 11) is 0. The molecule has 0 saturated heterocycles. The Morgan fingerprint density at radius 2 is 1.62 bits per heavy atom. The van der Waals surface area contributed by atoms with Gasteiger partial charge in [0, 0.05) is 0 Å². The summed E-state index contributed by atoms with van der Waals surface area (Å²) in [6.45, 7) is 1.67. The van der Waals surface area contributed by atoms with Crippen LogP contribution in [0.15, 0.2) is 78.9 Å². The zero-order valence-electron chi connectivity index (χ0n) is 19.8. The van der Waals surface area contributed by atoms with Gasteiger partial charge in [0.05, 0.1) is 20.3 Å². The minimum absolute atomic E-state index is 0.397. The lowest BCUT2D eigenvalue weighted by molar-refractivity contribution is -0.140. The fraction of sp³-hybridized carbons (Fsp3) is 0.172. The van der Waals surface area contributed by atoms with Crippen LogP contribution in [0.1, 0.15) is 37.0 Å². The molecule has 3 aromatic carbocycles. The highest BCUT2D eigenvalue weighted by molar-refractivity contribution is 7.20. The van der Waals surface area contributed by atoms with Crippen molar-refractivity contribution >= 4 is 40.7 Å². The molecule has 5 nitrogen and oxygen atoms in total. The quantitative estimate of drug-likeness (QED) is 0.249. The number of halogens is 2. The number of benzene rings is 3. The first kappa shape index (κ1) is 25.0. The SMILES string of the molecule is CC(OC(=O)Nc1cc(Cl)sc1-c1ccc(-c2ccc(C3(C(=O)O)CC3)cc2)cc1)c1cccc(F)c1. The zero-order valence-corrected chi connectivity index (χ0v) is 21.4. The summed E-state index contributed by atoms with van der Waals surface area (Å²) in [5.74, 6) is -1.16. The number of hydrogen-bond acceptors (Lipinski definition) is 4. The first-order chi connectivity index (χ1) is 17.7. The summed E-state index contributed by atoms with van der Waals surface area (Å²) in [4.78, 5) is 24.9. The van der Waals surface area contributed by atoms with Crippen LogP contribution in [0.25, 0.3) is 21.6 Å². The summed E-state index contributed by atoms with van der Waals surface area (Å²) in [5.41, 5.74) is 4.02. The van der Waals surface area contributed by atoms with Gasteiger partial charge in [-0.3, -0.25) is 10.1 Å². The van der Waals surface area contributed by atoms with E-state index in [4.69, 9.17) is 16.3 Å². The number of nitrogens with one attached hydrogen (secondary N) is 1. The van der Waals surface area contributed by atoms with E-state index < -0.39 is 29.4 Å². The van der Waals surface area contributed by atoms with Crippen molar-refractivity contribution in [1.29, 1.82) is 0 Å². The fourth-order valence-electron chi connectivity index (χ4n) is 4.34. The van der Waals surface area contributed by atoms with Gasteiger partial charge in [0.1, 0.15) is 11.9 Å². The highest BCUT2D eigenvalue weighted by Gasteiger charge is 2.51. The van der Waals surface area contributed by atoms with Crippen molar-refractivity contribution in [3.05, 3.63) is 100 Å². The van der Waals surface area contributed by atoms with Crippen LogP contribution in [-0.2, 0) is 14.9 Å². The van der Waals surface area contributed by atoms with Crippen LogP contribution < -0.4 is 5.32 Å². The van der Waals surface area contributed by atoms with E-state index in [1.165, 1.54) is 23.5 Å². The van der Waals surface area contributed by atoms with Crippen molar-refractivity contribution in [3.8, 4) is 21.6 Å². The third kappa shape index (κ3) is 5.24. The molecule has 1 atom stereocenters. The molecule has 1 unspecified atom stereocenters. The Hall–Kier alpha value is -3.68. The topological polar surface area (TPSA) is 75.6 Å². The summed E-state index contributed by atoms with van der Waals surface area (Å²) in [5, 5.41) is 12.3. The largest absolute Gasteiger partial charge is 0.481 e. The average Bonchev–Trinajstić information content (AvgIpc) is 3.62. The maximum atomic E-state index is 13.5. The molecule has 1 aliphatic carbocycles. The molecule has 1 fully saturated rings. The Morgan fingerprint density at radius 1 is 1.00 bits per heavy atom. The molecule has 4 aromatic rings. The van der Waals surface area contributed by atoms with Crippen molar-refractivity contribution in [1.82, 2.24) is 0 Å². The molecule has 0 spiro atoms. The molecule has 1 amide bonds. The average molecular weight is 536 g/mol. The molecule has 0 bridgehead atoms. The number of rotatable bonds is 7. The van der Waals surface area contributed by atoms with E-state index in [9.17, 15) is 19.1 Å². The number of thiophene rings is 1. The van der Waals surface area contributed by atoms with Gasteiger partial charge in [0.25, 0.3) is 0 Å². The minimum Gasteiger partial charge on any atom is -0.481 e. The summed E-state index contributed by atoms with van der Waals surface area (Å²) >= 11 is 7.60. The predicted octanol–water partition coefficient (Wildman–Crippen LogP) is 8.30. The van der Waals surface area contributed by atoms with E-state index in [0.29, 0.717) is 28.4 Å². The maximum Gasteiger partial charge on any atom is 0.412 e. The van der Waals surface area contributed by atoms with Gasteiger partial charge in [0.15, 0.2) is 0 Å². The number of amides is 1. The number of aliphatic carboxylic acids is 1. The number of carboxylic acid groups (broad SMARTS) is 1. The fourth-order valence-corrected chi connectivity index (χ4v) is 5.53. The van der Waals surface area contributed by atoms with Gasteiger partial charge in [0.2, 0.25) is 0 Å². The molecular weight excluding hydrogens is 513 g/mol. The molecule has 1 aliphatic rings. The molecule has 1 saturated carbocycles. The second-order valence-corrected chi connectivity index (χ2v) is 10.7. The Balaban J connectivity index is 1.30. The Morgan fingerprint density at radius 3 is 2.22 bits per heavy atom. The lowest BCUT2D eigenvalue weighted by atomic mass is 9.93. The molecule has 37 heavy (non-hydrogen) atoms. The van der Waals surface area contributed by atoms with E-state index in [0.717, 1.165) is 27.1 Å². The molecule has 0 aliphatic heterocycles. The van der Waals surface area contributed by atoms with Crippen LogP contribution >= 0.6 is 22.9 Å². The van der Waals surface area contributed by atoms with Crippen LogP contribution in [0.4, 0.5) is 14.9 Å². The van der Waals surface area contributed by atoms with Gasteiger partial charge in [-0.15, -0.1) is 11.3 Å². The van der Waals surface area contributed by atoms with Crippen molar-refractivity contribution in [2.75, 3.05) is 5.32 Å². The summed E-state index contributed by atoms with van der Waals surface area (Å²) in [6.07, 6.45) is 0.0454. The number of carbonyl (C=O) groups excluding carboxylic acids is 1. The normalized spacial score (nSPS) is 14.6. The first-order valence-electron chi connectivity index (χ1n) is 11.7. The standard InChI is InChI=1S/C29H23ClFNO4S/c1-17(21-3-2-4-23(31)15-21)36-28(35)32-24-16-25(30)37-26(24)20-7-5-18(6-8-20)19-9-11-22(12-10-19)29(13-14-29)27(33)34/h2-12,15-17H,13-14H2,1H3,(H,32,35)(H,33,34). The maximum absolute atomic E-state index is 13.5. The highest BCUT2D eigenvalue weighted by Crippen LogP contribution is 2.48.